The predicted octanol–water partition coefficient (Wildman–Crippen LogP) is 6.38. The zero-order valence-corrected chi connectivity index (χ0v) is 20.1. The summed E-state index contributed by atoms with van der Waals surface area (Å²) in [5.41, 5.74) is 2.70. The van der Waals surface area contributed by atoms with Gasteiger partial charge in [-0.1, -0.05) is 35.1 Å². The van der Waals surface area contributed by atoms with Crippen molar-refractivity contribution in [3.8, 4) is 5.75 Å². The molecule has 0 bridgehead atoms. The number of carbonyl (C=O) groups is 1. The van der Waals surface area contributed by atoms with Crippen molar-refractivity contribution in [1.82, 2.24) is 9.97 Å². The number of amides is 1. The van der Waals surface area contributed by atoms with E-state index in [1.54, 1.807) is 30.0 Å². The van der Waals surface area contributed by atoms with Crippen LogP contribution in [0.15, 0.2) is 65.7 Å². The van der Waals surface area contributed by atoms with Crippen molar-refractivity contribution in [3.05, 3.63) is 77.1 Å². The van der Waals surface area contributed by atoms with E-state index < -0.39 is 0 Å². The molecule has 0 radical (unpaired) electrons. The van der Waals surface area contributed by atoms with E-state index in [4.69, 9.17) is 21.3 Å². The molecule has 2 aromatic carbocycles. The first-order valence-corrected chi connectivity index (χ1v) is 12.3. The van der Waals surface area contributed by atoms with Gasteiger partial charge in [0.25, 0.3) is 0 Å². The number of anilines is 1. The number of thiazole rings is 1. The maximum atomic E-state index is 13.3. The Morgan fingerprint density at radius 2 is 1.97 bits per heavy atom. The van der Waals surface area contributed by atoms with Gasteiger partial charge in [0, 0.05) is 28.3 Å². The van der Waals surface area contributed by atoms with Gasteiger partial charge in [-0.15, -0.1) is 11.8 Å². The van der Waals surface area contributed by atoms with Gasteiger partial charge in [-0.3, -0.25) is 14.7 Å². The standard InChI is InChI=1S/C24H22ClN3O2S2/c1-16-6-11-20(30-2)22-23(16)32-24(27-22)28(15-18-5-3-4-13-26-18)21(29)12-14-31-19-9-7-17(25)8-10-19/h3-11,13H,12,14-15H2,1-2H3. The highest BCUT2D eigenvalue weighted by Gasteiger charge is 2.22. The van der Waals surface area contributed by atoms with Gasteiger partial charge in [-0.05, 0) is 55.0 Å². The fourth-order valence-corrected chi connectivity index (χ4v) is 5.25. The normalized spacial score (nSPS) is 11.0. The van der Waals surface area contributed by atoms with Gasteiger partial charge in [0.2, 0.25) is 5.91 Å². The molecule has 8 heteroatoms. The Morgan fingerprint density at radius 3 is 2.69 bits per heavy atom. The number of ether oxygens (including phenoxy) is 1. The Hall–Kier alpha value is -2.61. The molecule has 2 aromatic heterocycles. The summed E-state index contributed by atoms with van der Waals surface area (Å²) in [4.78, 5) is 25.3. The van der Waals surface area contributed by atoms with E-state index in [1.165, 1.54) is 11.3 Å². The second kappa shape index (κ2) is 10.3. The summed E-state index contributed by atoms with van der Waals surface area (Å²) in [7, 11) is 1.63. The number of halogens is 1. The van der Waals surface area contributed by atoms with Crippen molar-refractivity contribution < 1.29 is 9.53 Å². The minimum absolute atomic E-state index is 0.00722. The molecule has 164 valence electrons. The zero-order valence-electron chi connectivity index (χ0n) is 17.7. The molecule has 4 aromatic rings. The van der Waals surface area contributed by atoms with Crippen molar-refractivity contribution in [2.24, 2.45) is 0 Å². The maximum Gasteiger partial charge on any atom is 0.229 e. The van der Waals surface area contributed by atoms with Gasteiger partial charge in [0.05, 0.1) is 24.0 Å². The summed E-state index contributed by atoms with van der Waals surface area (Å²) in [6.07, 6.45) is 2.12. The summed E-state index contributed by atoms with van der Waals surface area (Å²) in [6.45, 7) is 2.41. The largest absolute Gasteiger partial charge is 0.494 e. The minimum Gasteiger partial charge on any atom is -0.494 e. The summed E-state index contributed by atoms with van der Waals surface area (Å²) >= 11 is 9.09. The monoisotopic (exact) mass is 483 g/mol. The maximum absolute atomic E-state index is 13.3. The van der Waals surface area contributed by atoms with Crippen molar-refractivity contribution in [3.63, 3.8) is 0 Å². The second-order valence-corrected chi connectivity index (χ2v) is 9.69. The van der Waals surface area contributed by atoms with Gasteiger partial charge in [-0.2, -0.15) is 0 Å². The number of carbonyl (C=O) groups excluding carboxylic acids is 1. The molecule has 5 nitrogen and oxygen atoms in total. The molecule has 1 amide bonds. The molecule has 0 unspecified atom stereocenters. The lowest BCUT2D eigenvalue weighted by molar-refractivity contribution is -0.118. The molecular formula is C24H22ClN3O2S2. The SMILES string of the molecule is COc1ccc(C)c2sc(N(Cc3ccccn3)C(=O)CCSc3ccc(Cl)cc3)nc12. The van der Waals surface area contributed by atoms with E-state index in [2.05, 4.69) is 4.98 Å². The number of nitrogens with zero attached hydrogens (tertiary/aromatic N) is 3. The lowest BCUT2D eigenvalue weighted by Crippen LogP contribution is -2.30. The molecule has 0 spiro atoms. The number of rotatable bonds is 8. The Morgan fingerprint density at radius 1 is 1.16 bits per heavy atom. The van der Waals surface area contributed by atoms with Crippen molar-refractivity contribution in [1.29, 1.82) is 0 Å². The third-order valence-corrected chi connectivity index (χ3v) is 7.37. The molecule has 32 heavy (non-hydrogen) atoms. The Labute approximate surface area is 200 Å². The van der Waals surface area contributed by atoms with Crippen LogP contribution in [-0.2, 0) is 11.3 Å². The molecule has 0 N–H and O–H groups in total. The summed E-state index contributed by atoms with van der Waals surface area (Å²) < 4.78 is 6.51. The molecule has 0 aliphatic carbocycles. The molecule has 0 aliphatic heterocycles. The number of aryl methyl sites for hydroxylation is 1. The van der Waals surface area contributed by atoms with Crippen LogP contribution in [0.1, 0.15) is 17.7 Å². The van der Waals surface area contributed by atoms with E-state index in [0.717, 1.165) is 26.4 Å². The number of fused-ring (bicyclic) bond motifs is 1. The molecule has 4 rings (SSSR count). The van der Waals surface area contributed by atoms with Crippen LogP contribution in [0, 0.1) is 6.92 Å². The molecule has 0 saturated heterocycles. The van der Waals surface area contributed by atoms with Crippen LogP contribution < -0.4 is 9.64 Å². The molecule has 0 aliphatic rings. The van der Waals surface area contributed by atoms with Gasteiger partial charge in [0.15, 0.2) is 5.13 Å². The van der Waals surface area contributed by atoms with Gasteiger partial charge in [0.1, 0.15) is 11.3 Å². The van der Waals surface area contributed by atoms with Crippen LogP contribution in [0.3, 0.4) is 0 Å². The van der Waals surface area contributed by atoms with Crippen molar-refractivity contribution >= 4 is 56.0 Å². The first-order chi connectivity index (χ1) is 15.5. The number of methoxy groups -OCH3 is 1. The van der Waals surface area contributed by atoms with Crippen LogP contribution in [0.4, 0.5) is 5.13 Å². The third kappa shape index (κ3) is 5.23. The highest BCUT2D eigenvalue weighted by atomic mass is 35.5. The number of hydrogen-bond donors (Lipinski definition) is 0. The molecule has 2 heterocycles. The van der Waals surface area contributed by atoms with Crippen LogP contribution in [0.25, 0.3) is 10.2 Å². The smallest absolute Gasteiger partial charge is 0.229 e. The number of benzene rings is 2. The second-order valence-electron chi connectivity index (χ2n) is 7.11. The van der Waals surface area contributed by atoms with Gasteiger partial charge in [-0.25, -0.2) is 4.98 Å². The van der Waals surface area contributed by atoms with Crippen LogP contribution >= 0.6 is 34.7 Å². The number of pyridine rings is 1. The predicted molar refractivity (Wildman–Crippen MR) is 133 cm³/mol. The Balaban J connectivity index is 1.58. The van der Waals surface area contributed by atoms with Crippen molar-refractivity contribution in [2.45, 2.75) is 24.8 Å². The third-order valence-electron chi connectivity index (χ3n) is 4.89. The minimum atomic E-state index is 0.00722. The lowest BCUT2D eigenvalue weighted by Gasteiger charge is -2.19. The lowest BCUT2D eigenvalue weighted by atomic mass is 10.2. The van der Waals surface area contributed by atoms with Crippen molar-refractivity contribution in [2.75, 3.05) is 17.8 Å². The zero-order chi connectivity index (χ0) is 22.5. The molecule has 0 saturated carbocycles. The molecule has 0 fully saturated rings. The fourth-order valence-electron chi connectivity index (χ4n) is 3.22. The van der Waals surface area contributed by atoms with Gasteiger partial charge >= 0.3 is 0 Å². The number of thioether (sulfide) groups is 1. The number of aromatic nitrogens is 2. The Bertz CT molecular complexity index is 1210. The quantitative estimate of drug-likeness (QED) is 0.272. The average molecular weight is 484 g/mol. The van der Waals surface area contributed by atoms with Crippen LogP contribution in [0.2, 0.25) is 5.02 Å². The highest BCUT2D eigenvalue weighted by molar-refractivity contribution is 7.99. The summed E-state index contributed by atoms with van der Waals surface area (Å²) in [5, 5.41) is 1.35. The number of hydrogen-bond acceptors (Lipinski definition) is 6. The van der Waals surface area contributed by atoms with Gasteiger partial charge < -0.3 is 4.74 Å². The first-order valence-electron chi connectivity index (χ1n) is 10.1. The summed E-state index contributed by atoms with van der Waals surface area (Å²) in [6, 6.07) is 17.3. The Kier molecular flexibility index (Phi) is 7.29. The average Bonchev–Trinajstić information content (AvgIpc) is 3.26. The summed E-state index contributed by atoms with van der Waals surface area (Å²) in [5.74, 6) is 1.37. The molecular weight excluding hydrogens is 462 g/mol. The van der Waals surface area contributed by atoms with Crippen LogP contribution in [0.5, 0.6) is 5.75 Å². The topological polar surface area (TPSA) is 55.3 Å². The van der Waals surface area contributed by atoms with E-state index in [9.17, 15) is 4.79 Å². The highest BCUT2D eigenvalue weighted by Crippen LogP contribution is 2.37. The van der Waals surface area contributed by atoms with E-state index in [-0.39, 0.29) is 5.91 Å². The van der Waals surface area contributed by atoms with Crippen LogP contribution in [-0.4, -0.2) is 28.7 Å². The van der Waals surface area contributed by atoms with E-state index in [1.807, 2.05) is 61.5 Å². The first kappa shape index (κ1) is 22.6. The molecule has 0 atom stereocenters. The fraction of sp³-hybridized carbons (Fsp3) is 0.208. The van der Waals surface area contributed by atoms with E-state index in [0.29, 0.717) is 34.6 Å². The van der Waals surface area contributed by atoms with E-state index >= 15 is 0 Å².